The molecule has 1 saturated heterocycles. The molecule has 132 valence electrons. The van der Waals surface area contributed by atoms with Gasteiger partial charge in [-0.05, 0) is 25.5 Å². The SMILES string of the molecule is CCCNC(=NC)NCC(c1ccc(C)o1)N1CCOCC1.I. The van der Waals surface area contributed by atoms with Crippen molar-refractivity contribution in [2.45, 2.75) is 26.3 Å². The highest BCUT2D eigenvalue weighted by Gasteiger charge is 2.25. The van der Waals surface area contributed by atoms with Crippen molar-refractivity contribution < 1.29 is 9.15 Å². The number of aliphatic imine (C=N–C) groups is 1. The van der Waals surface area contributed by atoms with Crippen molar-refractivity contribution in [1.29, 1.82) is 0 Å². The standard InChI is InChI=1S/C16H28N4O2.HI/c1-4-7-18-16(17-3)19-12-14(15-6-5-13(2)22-15)20-8-10-21-11-9-20;/h5-6,14H,4,7-12H2,1-3H3,(H2,17,18,19);1H. The third-order valence-electron chi connectivity index (χ3n) is 3.80. The van der Waals surface area contributed by atoms with E-state index in [0.717, 1.165) is 63.3 Å². The first-order chi connectivity index (χ1) is 10.7. The van der Waals surface area contributed by atoms with Gasteiger partial charge in [0.2, 0.25) is 0 Å². The number of hydrogen-bond donors (Lipinski definition) is 2. The van der Waals surface area contributed by atoms with Crippen LogP contribution < -0.4 is 10.6 Å². The van der Waals surface area contributed by atoms with Crippen molar-refractivity contribution in [2.75, 3.05) is 46.4 Å². The molecule has 0 aromatic carbocycles. The summed E-state index contributed by atoms with van der Waals surface area (Å²) in [6.07, 6.45) is 1.07. The summed E-state index contributed by atoms with van der Waals surface area (Å²) in [7, 11) is 1.80. The van der Waals surface area contributed by atoms with E-state index >= 15 is 0 Å². The Morgan fingerprint density at radius 1 is 1.30 bits per heavy atom. The minimum Gasteiger partial charge on any atom is -0.465 e. The highest BCUT2D eigenvalue weighted by atomic mass is 127. The van der Waals surface area contributed by atoms with Crippen LogP contribution >= 0.6 is 24.0 Å². The van der Waals surface area contributed by atoms with Crippen molar-refractivity contribution in [3.8, 4) is 0 Å². The van der Waals surface area contributed by atoms with Gasteiger partial charge >= 0.3 is 0 Å². The summed E-state index contributed by atoms with van der Waals surface area (Å²) in [4.78, 5) is 6.67. The number of guanidine groups is 1. The monoisotopic (exact) mass is 436 g/mol. The minimum absolute atomic E-state index is 0. The Labute approximate surface area is 156 Å². The van der Waals surface area contributed by atoms with E-state index in [2.05, 4.69) is 33.5 Å². The van der Waals surface area contributed by atoms with Crippen molar-refractivity contribution in [3.63, 3.8) is 0 Å². The van der Waals surface area contributed by atoms with Gasteiger partial charge in [-0.15, -0.1) is 24.0 Å². The zero-order valence-corrected chi connectivity index (χ0v) is 16.6. The molecule has 0 aliphatic carbocycles. The number of ether oxygens (including phenoxy) is 1. The van der Waals surface area contributed by atoms with E-state index in [1.807, 2.05) is 13.0 Å². The lowest BCUT2D eigenvalue weighted by atomic mass is 10.1. The molecule has 23 heavy (non-hydrogen) atoms. The third-order valence-corrected chi connectivity index (χ3v) is 3.80. The molecule has 2 N–H and O–H groups in total. The van der Waals surface area contributed by atoms with Gasteiger partial charge in [-0.1, -0.05) is 6.92 Å². The Morgan fingerprint density at radius 3 is 2.61 bits per heavy atom. The molecule has 1 unspecified atom stereocenters. The zero-order valence-electron chi connectivity index (χ0n) is 14.3. The quantitative estimate of drug-likeness (QED) is 0.407. The smallest absolute Gasteiger partial charge is 0.191 e. The van der Waals surface area contributed by atoms with Crippen LogP contribution in [0.1, 0.15) is 30.9 Å². The number of rotatable bonds is 6. The maximum Gasteiger partial charge on any atom is 0.191 e. The van der Waals surface area contributed by atoms with Gasteiger partial charge in [-0.2, -0.15) is 0 Å². The summed E-state index contributed by atoms with van der Waals surface area (Å²) in [5, 5.41) is 6.70. The number of nitrogens with zero attached hydrogens (tertiary/aromatic N) is 2. The molecular weight excluding hydrogens is 407 g/mol. The molecule has 0 radical (unpaired) electrons. The van der Waals surface area contributed by atoms with Gasteiger partial charge in [-0.3, -0.25) is 9.89 Å². The molecule has 1 aliphatic rings. The summed E-state index contributed by atoms with van der Waals surface area (Å²) in [6.45, 7) is 9.20. The lowest BCUT2D eigenvalue weighted by Gasteiger charge is -2.33. The second kappa shape index (κ2) is 10.9. The molecule has 1 fully saturated rings. The van der Waals surface area contributed by atoms with E-state index in [4.69, 9.17) is 9.15 Å². The number of nitrogens with one attached hydrogen (secondary N) is 2. The van der Waals surface area contributed by atoms with Gasteiger partial charge in [0.1, 0.15) is 11.5 Å². The highest BCUT2D eigenvalue weighted by Crippen LogP contribution is 2.23. The Balaban J connectivity index is 0.00000264. The molecular formula is C16H29IN4O2. The van der Waals surface area contributed by atoms with E-state index in [0.29, 0.717) is 0 Å². The zero-order chi connectivity index (χ0) is 15.8. The lowest BCUT2D eigenvalue weighted by molar-refractivity contribution is 0.0124. The molecule has 7 heteroatoms. The van der Waals surface area contributed by atoms with Crippen LogP contribution in [0.25, 0.3) is 0 Å². The van der Waals surface area contributed by atoms with Gasteiger partial charge in [0.25, 0.3) is 0 Å². The number of morpholine rings is 1. The Bertz CT molecular complexity index is 472. The van der Waals surface area contributed by atoms with Gasteiger partial charge < -0.3 is 19.8 Å². The Morgan fingerprint density at radius 2 is 2.04 bits per heavy atom. The van der Waals surface area contributed by atoms with E-state index in [9.17, 15) is 0 Å². The average Bonchev–Trinajstić information content (AvgIpc) is 2.98. The Hall–Kier alpha value is -0.800. The molecule has 0 spiro atoms. The third kappa shape index (κ3) is 6.31. The average molecular weight is 436 g/mol. The first-order valence-electron chi connectivity index (χ1n) is 8.07. The van der Waals surface area contributed by atoms with Crippen molar-refractivity contribution in [2.24, 2.45) is 4.99 Å². The first-order valence-corrected chi connectivity index (χ1v) is 8.07. The second-order valence-electron chi connectivity index (χ2n) is 5.49. The number of halogens is 1. The molecule has 2 rings (SSSR count). The highest BCUT2D eigenvalue weighted by molar-refractivity contribution is 14.0. The molecule has 6 nitrogen and oxygen atoms in total. The van der Waals surface area contributed by atoms with E-state index in [-0.39, 0.29) is 30.0 Å². The predicted molar refractivity (Wildman–Crippen MR) is 104 cm³/mol. The molecule has 0 bridgehead atoms. The lowest BCUT2D eigenvalue weighted by Crippen LogP contribution is -2.46. The number of furan rings is 1. The van der Waals surface area contributed by atoms with Crippen molar-refractivity contribution in [3.05, 3.63) is 23.7 Å². The van der Waals surface area contributed by atoms with Gasteiger partial charge in [0.05, 0.1) is 19.3 Å². The van der Waals surface area contributed by atoms with Crippen LogP contribution in [0.5, 0.6) is 0 Å². The first kappa shape index (κ1) is 20.2. The van der Waals surface area contributed by atoms with Crippen LogP contribution in [0.4, 0.5) is 0 Å². The number of hydrogen-bond acceptors (Lipinski definition) is 4. The summed E-state index contributed by atoms with van der Waals surface area (Å²) in [5.41, 5.74) is 0. The molecule has 0 saturated carbocycles. The second-order valence-corrected chi connectivity index (χ2v) is 5.49. The predicted octanol–water partition coefficient (Wildman–Crippen LogP) is 2.15. The molecule has 0 amide bonds. The van der Waals surface area contributed by atoms with Gasteiger partial charge in [0.15, 0.2) is 5.96 Å². The molecule has 1 aromatic heterocycles. The van der Waals surface area contributed by atoms with E-state index < -0.39 is 0 Å². The maximum absolute atomic E-state index is 5.86. The van der Waals surface area contributed by atoms with Gasteiger partial charge in [-0.25, -0.2) is 0 Å². The topological polar surface area (TPSA) is 62.0 Å². The van der Waals surface area contributed by atoms with Crippen LogP contribution in [0.2, 0.25) is 0 Å². The maximum atomic E-state index is 5.86. The van der Waals surface area contributed by atoms with Crippen molar-refractivity contribution >= 4 is 29.9 Å². The fourth-order valence-corrected chi connectivity index (χ4v) is 2.59. The van der Waals surface area contributed by atoms with Crippen LogP contribution in [-0.4, -0.2) is 57.3 Å². The fourth-order valence-electron chi connectivity index (χ4n) is 2.59. The van der Waals surface area contributed by atoms with Crippen LogP contribution in [0.3, 0.4) is 0 Å². The van der Waals surface area contributed by atoms with E-state index in [1.165, 1.54) is 0 Å². The van der Waals surface area contributed by atoms with Crippen LogP contribution in [0.15, 0.2) is 21.5 Å². The molecule has 1 atom stereocenters. The normalized spacial score (nSPS) is 17.4. The summed E-state index contributed by atoms with van der Waals surface area (Å²) < 4.78 is 11.3. The molecule has 1 aliphatic heterocycles. The Kier molecular flexibility index (Phi) is 9.57. The van der Waals surface area contributed by atoms with Crippen LogP contribution in [0, 0.1) is 6.92 Å². The fraction of sp³-hybridized carbons (Fsp3) is 0.688. The summed E-state index contributed by atoms with van der Waals surface area (Å²) in [5.74, 6) is 2.78. The number of aryl methyl sites for hydroxylation is 1. The summed E-state index contributed by atoms with van der Waals surface area (Å²) in [6, 6.07) is 4.28. The van der Waals surface area contributed by atoms with Crippen LogP contribution in [-0.2, 0) is 4.74 Å². The largest absolute Gasteiger partial charge is 0.465 e. The van der Waals surface area contributed by atoms with E-state index in [1.54, 1.807) is 7.05 Å². The minimum atomic E-state index is 0. The van der Waals surface area contributed by atoms with Gasteiger partial charge in [0, 0.05) is 33.2 Å². The molecule has 1 aromatic rings. The molecule has 2 heterocycles. The van der Waals surface area contributed by atoms with Crippen molar-refractivity contribution in [1.82, 2.24) is 15.5 Å². The summed E-state index contributed by atoms with van der Waals surface area (Å²) >= 11 is 0.